The minimum Gasteiger partial charge on any atom is -0.240 e. The molecule has 1 aromatic carbocycles. The number of nitrogens with zero attached hydrogens (tertiary/aromatic N) is 2. The Balaban J connectivity index is 1.48. The van der Waals surface area contributed by atoms with Crippen LogP contribution in [0.2, 0.25) is 0 Å². The fraction of sp³-hybridized carbons (Fsp3) is 0.655. The maximum absolute atomic E-state index is 14.9. The van der Waals surface area contributed by atoms with Crippen LogP contribution in [0.15, 0.2) is 30.5 Å². The average Bonchev–Trinajstić information content (AvgIpc) is 2.83. The minimum absolute atomic E-state index is 0.320. The van der Waals surface area contributed by atoms with E-state index in [-0.39, 0.29) is 5.95 Å². The Labute approximate surface area is 195 Å². The molecule has 1 fully saturated rings. The molecule has 3 heteroatoms. The standard InChI is InChI=1S/C29H43FN2/c1-3-5-7-8-9-10-11-13-24-14-18-25(19-15-24)27-22-31-29(32-28(27)30)26-20-16-23(17-21-26)12-6-4-2/h14-15,18-19,22-23,26H,3-13,16-17,20-21H2,1-2H3/t23-,26-. The summed E-state index contributed by atoms with van der Waals surface area (Å²) >= 11 is 0. The molecule has 2 nitrogen and oxygen atoms in total. The van der Waals surface area contributed by atoms with Gasteiger partial charge in [0.2, 0.25) is 5.95 Å². The first kappa shape index (κ1) is 24.9. The van der Waals surface area contributed by atoms with Crippen molar-refractivity contribution in [3.05, 3.63) is 47.8 Å². The highest BCUT2D eigenvalue weighted by Gasteiger charge is 2.24. The zero-order valence-corrected chi connectivity index (χ0v) is 20.4. The number of benzene rings is 1. The number of aryl methyl sites for hydroxylation is 1. The summed E-state index contributed by atoms with van der Waals surface area (Å²) in [4.78, 5) is 8.89. The second-order valence-electron chi connectivity index (χ2n) is 9.86. The molecule has 2 aromatic rings. The quantitative estimate of drug-likeness (QED) is 0.230. The van der Waals surface area contributed by atoms with Crippen molar-refractivity contribution in [1.29, 1.82) is 0 Å². The molecule has 0 atom stereocenters. The Hall–Kier alpha value is -1.77. The lowest BCUT2D eigenvalue weighted by Gasteiger charge is -2.27. The molecule has 0 aliphatic heterocycles. The highest BCUT2D eigenvalue weighted by Crippen LogP contribution is 2.37. The van der Waals surface area contributed by atoms with E-state index >= 15 is 0 Å². The van der Waals surface area contributed by atoms with Crippen LogP contribution in [0.4, 0.5) is 4.39 Å². The van der Waals surface area contributed by atoms with Crippen molar-refractivity contribution in [2.75, 3.05) is 0 Å². The van der Waals surface area contributed by atoms with Crippen LogP contribution in [-0.2, 0) is 6.42 Å². The Morgan fingerprint density at radius 1 is 0.812 bits per heavy atom. The molecule has 1 saturated carbocycles. The van der Waals surface area contributed by atoms with Crippen LogP contribution in [0.5, 0.6) is 0 Å². The SMILES string of the molecule is CCCCCCCCCc1ccc(-c2cnc([C@H]3CC[C@H](CCCC)CC3)nc2F)cc1. The minimum atomic E-state index is -0.372. The molecule has 1 aromatic heterocycles. The van der Waals surface area contributed by atoms with Crippen molar-refractivity contribution in [3.8, 4) is 11.1 Å². The molecule has 0 amide bonds. The van der Waals surface area contributed by atoms with Gasteiger partial charge < -0.3 is 0 Å². The van der Waals surface area contributed by atoms with Crippen molar-refractivity contribution in [2.24, 2.45) is 5.92 Å². The molecular weight excluding hydrogens is 395 g/mol. The van der Waals surface area contributed by atoms with E-state index in [4.69, 9.17) is 0 Å². The fourth-order valence-corrected chi connectivity index (χ4v) is 5.10. The van der Waals surface area contributed by atoms with Gasteiger partial charge in [-0.2, -0.15) is 4.39 Å². The van der Waals surface area contributed by atoms with E-state index in [1.165, 1.54) is 82.6 Å². The second-order valence-corrected chi connectivity index (χ2v) is 9.86. The van der Waals surface area contributed by atoms with Crippen LogP contribution in [0.1, 0.15) is 121 Å². The van der Waals surface area contributed by atoms with Crippen molar-refractivity contribution in [3.63, 3.8) is 0 Å². The largest absolute Gasteiger partial charge is 0.240 e. The van der Waals surface area contributed by atoms with Crippen LogP contribution in [0.3, 0.4) is 0 Å². The predicted octanol–water partition coefficient (Wildman–Crippen LogP) is 9.04. The van der Waals surface area contributed by atoms with Crippen LogP contribution < -0.4 is 0 Å². The van der Waals surface area contributed by atoms with Gasteiger partial charge in [0.25, 0.3) is 0 Å². The summed E-state index contributed by atoms with van der Waals surface area (Å²) in [5, 5.41) is 0. The zero-order chi connectivity index (χ0) is 22.6. The van der Waals surface area contributed by atoms with Gasteiger partial charge in [0.15, 0.2) is 0 Å². The maximum Gasteiger partial charge on any atom is 0.224 e. The lowest BCUT2D eigenvalue weighted by molar-refractivity contribution is 0.297. The van der Waals surface area contributed by atoms with Crippen molar-refractivity contribution < 1.29 is 4.39 Å². The molecule has 0 unspecified atom stereocenters. The molecule has 0 radical (unpaired) electrons. The van der Waals surface area contributed by atoms with Crippen LogP contribution in [0, 0.1) is 11.9 Å². The van der Waals surface area contributed by atoms with Crippen LogP contribution in [-0.4, -0.2) is 9.97 Å². The lowest BCUT2D eigenvalue weighted by Crippen LogP contribution is -2.16. The molecule has 0 bridgehead atoms. The molecule has 1 heterocycles. The van der Waals surface area contributed by atoms with E-state index < -0.39 is 0 Å². The van der Waals surface area contributed by atoms with Gasteiger partial charge in [-0.3, -0.25) is 0 Å². The number of unbranched alkanes of at least 4 members (excludes halogenated alkanes) is 7. The molecule has 32 heavy (non-hydrogen) atoms. The summed E-state index contributed by atoms with van der Waals surface area (Å²) < 4.78 is 14.9. The summed E-state index contributed by atoms with van der Waals surface area (Å²) in [5.41, 5.74) is 2.73. The molecule has 1 aliphatic carbocycles. The Morgan fingerprint density at radius 3 is 2.12 bits per heavy atom. The highest BCUT2D eigenvalue weighted by molar-refractivity contribution is 5.62. The highest BCUT2D eigenvalue weighted by atomic mass is 19.1. The van der Waals surface area contributed by atoms with E-state index in [9.17, 15) is 4.39 Å². The number of aromatic nitrogens is 2. The van der Waals surface area contributed by atoms with Crippen LogP contribution >= 0.6 is 0 Å². The van der Waals surface area contributed by atoms with E-state index in [2.05, 4.69) is 35.9 Å². The normalized spacial score (nSPS) is 18.7. The number of halogens is 1. The van der Waals surface area contributed by atoms with Gasteiger partial charge in [0.05, 0.1) is 5.56 Å². The first-order valence-corrected chi connectivity index (χ1v) is 13.3. The van der Waals surface area contributed by atoms with E-state index in [1.807, 2.05) is 12.1 Å². The van der Waals surface area contributed by atoms with E-state index in [0.717, 1.165) is 30.7 Å². The van der Waals surface area contributed by atoms with Gasteiger partial charge in [-0.15, -0.1) is 0 Å². The first-order valence-electron chi connectivity index (χ1n) is 13.3. The predicted molar refractivity (Wildman–Crippen MR) is 133 cm³/mol. The zero-order valence-electron chi connectivity index (χ0n) is 20.4. The first-order chi connectivity index (χ1) is 15.7. The third-order valence-corrected chi connectivity index (χ3v) is 7.27. The van der Waals surface area contributed by atoms with Gasteiger partial charge in [-0.1, -0.05) is 95.9 Å². The molecule has 0 saturated heterocycles. The molecule has 0 spiro atoms. The smallest absolute Gasteiger partial charge is 0.224 e. The number of hydrogen-bond acceptors (Lipinski definition) is 2. The second kappa shape index (κ2) is 13.7. The van der Waals surface area contributed by atoms with Gasteiger partial charge >= 0.3 is 0 Å². The van der Waals surface area contributed by atoms with Gasteiger partial charge in [0.1, 0.15) is 5.82 Å². The van der Waals surface area contributed by atoms with Crippen molar-refractivity contribution >= 4 is 0 Å². The molecule has 3 rings (SSSR count). The van der Waals surface area contributed by atoms with Gasteiger partial charge in [0, 0.05) is 12.1 Å². The Bertz CT molecular complexity index is 778. The van der Waals surface area contributed by atoms with Crippen molar-refractivity contribution in [2.45, 2.75) is 116 Å². The molecule has 0 N–H and O–H groups in total. The number of hydrogen-bond donors (Lipinski definition) is 0. The lowest BCUT2D eigenvalue weighted by atomic mass is 9.79. The summed E-state index contributed by atoms with van der Waals surface area (Å²) in [6, 6.07) is 8.32. The molecular formula is C29H43FN2. The molecule has 176 valence electrons. The summed E-state index contributed by atoms with van der Waals surface area (Å²) in [6.07, 6.45) is 20.7. The van der Waals surface area contributed by atoms with Gasteiger partial charge in [-0.05, 0) is 55.6 Å². The third kappa shape index (κ3) is 7.67. The van der Waals surface area contributed by atoms with Crippen molar-refractivity contribution in [1.82, 2.24) is 9.97 Å². The van der Waals surface area contributed by atoms with E-state index in [1.54, 1.807) is 6.20 Å². The monoisotopic (exact) mass is 438 g/mol. The average molecular weight is 439 g/mol. The summed E-state index contributed by atoms with van der Waals surface area (Å²) in [6.45, 7) is 4.52. The summed E-state index contributed by atoms with van der Waals surface area (Å²) in [5.74, 6) is 1.49. The fourth-order valence-electron chi connectivity index (χ4n) is 5.10. The Kier molecular flexibility index (Phi) is 10.6. The third-order valence-electron chi connectivity index (χ3n) is 7.27. The summed E-state index contributed by atoms with van der Waals surface area (Å²) in [7, 11) is 0. The van der Waals surface area contributed by atoms with Crippen LogP contribution in [0.25, 0.3) is 11.1 Å². The number of rotatable bonds is 13. The topological polar surface area (TPSA) is 25.8 Å². The molecule has 1 aliphatic rings. The maximum atomic E-state index is 14.9. The Morgan fingerprint density at radius 2 is 1.47 bits per heavy atom. The van der Waals surface area contributed by atoms with Gasteiger partial charge in [-0.25, -0.2) is 9.97 Å². The van der Waals surface area contributed by atoms with E-state index in [0.29, 0.717) is 17.3 Å².